The number of hydrogen-bond acceptors (Lipinski definition) is 3. The summed E-state index contributed by atoms with van der Waals surface area (Å²) < 4.78 is 11.9. The number of rotatable bonds is 7. The van der Waals surface area contributed by atoms with Crippen molar-refractivity contribution in [3.63, 3.8) is 0 Å². The Morgan fingerprint density at radius 2 is 1.94 bits per heavy atom. The van der Waals surface area contributed by atoms with Crippen LogP contribution in [0.25, 0.3) is 0 Å². The summed E-state index contributed by atoms with van der Waals surface area (Å²) in [6, 6.07) is 5.86. The van der Waals surface area contributed by atoms with Gasteiger partial charge in [-0.15, -0.1) is 11.8 Å². The number of hydrogen-bond donors (Lipinski definition) is 0. The second-order valence-electron chi connectivity index (χ2n) is 3.23. The van der Waals surface area contributed by atoms with Crippen molar-refractivity contribution in [1.29, 1.82) is 0 Å². The molecule has 0 fully saturated rings. The zero-order chi connectivity index (χ0) is 12.7. The summed E-state index contributed by atoms with van der Waals surface area (Å²) >= 11 is 11.2. The van der Waals surface area contributed by atoms with Crippen LogP contribution in [-0.2, 0) is 9.47 Å². The zero-order valence-electron chi connectivity index (χ0n) is 9.91. The fraction of sp³-hybridized carbons (Fsp3) is 0.500. The van der Waals surface area contributed by atoms with Crippen LogP contribution in [-0.4, -0.2) is 25.3 Å². The van der Waals surface area contributed by atoms with Gasteiger partial charge in [-0.25, -0.2) is 0 Å². The van der Waals surface area contributed by atoms with Gasteiger partial charge in [0.15, 0.2) is 6.29 Å². The maximum atomic E-state index is 6.13. The Morgan fingerprint density at radius 1 is 1.29 bits per heavy atom. The van der Waals surface area contributed by atoms with Gasteiger partial charge in [0.25, 0.3) is 0 Å². The molecule has 0 saturated heterocycles. The molecule has 0 amide bonds. The zero-order valence-corrected chi connectivity index (χ0v) is 13.1. The fourth-order valence-corrected chi connectivity index (χ4v) is 2.97. The third-order valence-electron chi connectivity index (χ3n) is 1.97. The summed E-state index contributed by atoms with van der Waals surface area (Å²) in [5, 5.41) is 0.746. The van der Waals surface area contributed by atoms with Crippen molar-refractivity contribution in [3.05, 3.63) is 27.7 Å². The van der Waals surface area contributed by atoms with Gasteiger partial charge in [0.2, 0.25) is 0 Å². The SMILES string of the molecule is CCOC(CSc1ccc(Br)cc1Cl)OCC. The van der Waals surface area contributed by atoms with Crippen LogP contribution in [0.4, 0.5) is 0 Å². The number of benzene rings is 1. The van der Waals surface area contributed by atoms with Gasteiger partial charge in [0.1, 0.15) is 0 Å². The van der Waals surface area contributed by atoms with Gasteiger partial charge in [-0.2, -0.15) is 0 Å². The highest BCUT2D eigenvalue weighted by atomic mass is 79.9. The molecule has 2 nitrogen and oxygen atoms in total. The van der Waals surface area contributed by atoms with Crippen LogP contribution in [0.3, 0.4) is 0 Å². The first-order valence-corrected chi connectivity index (χ1v) is 7.64. The summed E-state index contributed by atoms with van der Waals surface area (Å²) in [4.78, 5) is 1.04. The average molecular weight is 340 g/mol. The quantitative estimate of drug-likeness (QED) is 0.534. The first-order chi connectivity index (χ1) is 8.17. The number of halogens is 2. The molecule has 0 radical (unpaired) electrons. The van der Waals surface area contributed by atoms with Gasteiger partial charge in [0.05, 0.1) is 5.02 Å². The van der Waals surface area contributed by atoms with E-state index in [1.165, 1.54) is 0 Å². The van der Waals surface area contributed by atoms with Crippen LogP contribution < -0.4 is 0 Å². The van der Waals surface area contributed by atoms with Crippen LogP contribution in [0, 0.1) is 0 Å². The fourth-order valence-electron chi connectivity index (χ4n) is 1.27. The molecule has 0 bridgehead atoms. The minimum Gasteiger partial charge on any atom is -0.352 e. The summed E-state index contributed by atoms with van der Waals surface area (Å²) in [7, 11) is 0. The van der Waals surface area contributed by atoms with Gasteiger partial charge < -0.3 is 9.47 Å². The second kappa shape index (κ2) is 8.38. The molecular weight excluding hydrogens is 324 g/mol. The maximum absolute atomic E-state index is 6.13. The molecule has 1 aromatic rings. The van der Waals surface area contributed by atoms with Crippen molar-refractivity contribution in [3.8, 4) is 0 Å². The minimum atomic E-state index is -0.172. The summed E-state index contributed by atoms with van der Waals surface area (Å²) in [6.45, 7) is 5.23. The third kappa shape index (κ3) is 5.62. The third-order valence-corrected chi connectivity index (χ3v) is 4.00. The molecule has 0 aromatic heterocycles. The van der Waals surface area contributed by atoms with Gasteiger partial charge in [0, 0.05) is 28.3 Å². The van der Waals surface area contributed by atoms with Crippen LogP contribution in [0.1, 0.15) is 13.8 Å². The van der Waals surface area contributed by atoms with Crippen molar-refractivity contribution in [2.75, 3.05) is 19.0 Å². The van der Waals surface area contributed by atoms with E-state index in [-0.39, 0.29) is 6.29 Å². The predicted molar refractivity (Wildman–Crippen MR) is 76.9 cm³/mol. The lowest BCUT2D eigenvalue weighted by Crippen LogP contribution is -2.19. The lowest BCUT2D eigenvalue weighted by atomic mass is 10.4. The maximum Gasteiger partial charge on any atom is 0.166 e. The molecule has 0 N–H and O–H groups in total. The van der Waals surface area contributed by atoms with E-state index in [0.29, 0.717) is 13.2 Å². The molecular formula is C12H16BrClO2S. The molecule has 0 spiro atoms. The lowest BCUT2D eigenvalue weighted by molar-refractivity contribution is -0.120. The summed E-state index contributed by atoms with van der Waals surface area (Å²) in [5.41, 5.74) is 0. The molecule has 0 aliphatic heterocycles. The molecule has 0 aliphatic rings. The lowest BCUT2D eigenvalue weighted by Gasteiger charge is -2.16. The number of thioether (sulfide) groups is 1. The van der Waals surface area contributed by atoms with E-state index in [1.807, 2.05) is 32.0 Å². The van der Waals surface area contributed by atoms with Crippen molar-refractivity contribution in [1.82, 2.24) is 0 Å². The van der Waals surface area contributed by atoms with E-state index in [4.69, 9.17) is 21.1 Å². The normalized spacial score (nSPS) is 11.1. The highest BCUT2D eigenvalue weighted by Gasteiger charge is 2.10. The van der Waals surface area contributed by atoms with Gasteiger partial charge >= 0.3 is 0 Å². The first kappa shape index (κ1) is 15.3. The van der Waals surface area contributed by atoms with E-state index in [9.17, 15) is 0 Å². The van der Waals surface area contributed by atoms with Crippen LogP contribution >= 0.6 is 39.3 Å². The van der Waals surface area contributed by atoms with Gasteiger partial charge in [-0.05, 0) is 32.0 Å². The van der Waals surface area contributed by atoms with E-state index in [0.717, 1.165) is 20.1 Å². The largest absolute Gasteiger partial charge is 0.352 e. The van der Waals surface area contributed by atoms with E-state index < -0.39 is 0 Å². The van der Waals surface area contributed by atoms with Crippen molar-refractivity contribution >= 4 is 39.3 Å². The Morgan fingerprint density at radius 3 is 2.47 bits per heavy atom. The molecule has 0 heterocycles. The highest BCUT2D eigenvalue weighted by Crippen LogP contribution is 2.30. The molecule has 1 rings (SSSR count). The smallest absolute Gasteiger partial charge is 0.166 e. The Labute approximate surface area is 120 Å². The van der Waals surface area contributed by atoms with E-state index in [2.05, 4.69) is 15.9 Å². The summed E-state index contributed by atoms with van der Waals surface area (Å²) in [6.07, 6.45) is -0.172. The predicted octanol–water partition coefficient (Wildman–Crippen LogP) is 4.59. The van der Waals surface area contributed by atoms with Crippen molar-refractivity contribution in [2.45, 2.75) is 25.0 Å². The van der Waals surface area contributed by atoms with Crippen LogP contribution in [0.15, 0.2) is 27.6 Å². The topological polar surface area (TPSA) is 18.5 Å². The van der Waals surface area contributed by atoms with Crippen LogP contribution in [0.2, 0.25) is 5.02 Å². The number of ether oxygens (including phenoxy) is 2. The second-order valence-corrected chi connectivity index (χ2v) is 5.61. The molecule has 5 heteroatoms. The Hall–Kier alpha value is 0.260. The van der Waals surface area contributed by atoms with E-state index >= 15 is 0 Å². The van der Waals surface area contributed by atoms with Gasteiger partial charge in [-0.3, -0.25) is 0 Å². The van der Waals surface area contributed by atoms with E-state index in [1.54, 1.807) is 11.8 Å². The van der Waals surface area contributed by atoms with Gasteiger partial charge in [-0.1, -0.05) is 27.5 Å². The van der Waals surface area contributed by atoms with Crippen molar-refractivity contribution in [2.24, 2.45) is 0 Å². The van der Waals surface area contributed by atoms with Crippen LogP contribution in [0.5, 0.6) is 0 Å². The molecule has 0 aliphatic carbocycles. The molecule has 96 valence electrons. The minimum absolute atomic E-state index is 0.172. The Balaban J connectivity index is 2.52. The Bertz CT molecular complexity index is 343. The molecule has 17 heavy (non-hydrogen) atoms. The van der Waals surface area contributed by atoms with Crippen molar-refractivity contribution < 1.29 is 9.47 Å². The monoisotopic (exact) mass is 338 g/mol. The molecule has 0 unspecified atom stereocenters. The average Bonchev–Trinajstić information content (AvgIpc) is 2.28. The first-order valence-electron chi connectivity index (χ1n) is 5.48. The molecule has 0 saturated carbocycles. The summed E-state index contributed by atoms with van der Waals surface area (Å²) in [5.74, 6) is 0.739. The standard InChI is InChI=1S/C12H16BrClO2S/c1-3-15-12(16-4-2)8-17-11-6-5-9(13)7-10(11)14/h5-7,12H,3-4,8H2,1-2H3. The Kier molecular flexibility index (Phi) is 7.55. The molecule has 1 aromatic carbocycles. The highest BCUT2D eigenvalue weighted by molar-refractivity contribution is 9.10. The molecule has 0 atom stereocenters.